The molecule has 3 nitrogen and oxygen atoms in total. The summed E-state index contributed by atoms with van der Waals surface area (Å²) < 4.78 is 12.9. The van der Waals surface area contributed by atoms with Crippen molar-refractivity contribution < 1.29 is 14.3 Å². The van der Waals surface area contributed by atoms with Gasteiger partial charge in [0.15, 0.2) is 0 Å². The van der Waals surface area contributed by atoms with Crippen molar-refractivity contribution in [1.29, 1.82) is 0 Å². The van der Waals surface area contributed by atoms with Crippen LogP contribution in [0.15, 0.2) is 54.6 Å². The first-order valence-electron chi connectivity index (χ1n) is 7.32. The van der Waals surface area contributed by atoms with Gasteiger partial charge in [-0.15, -0.1) is 0 Å². The summed E-state index contributed by atoms with van der Waals surface area (Å²) in [6.45, 7) is 1.93. The molecule has 1 unspecified atom stereocenters. The lowest BCUT2D eigenvalue weighted by Crippen LogP contribution is -2.44. The number of carbonyl (C=O) groups is 1. The van der Waals surface area contributed by atoms with Gasteiger partial charge in [-0.3, -0.25) is 4.79 Å². The molecule has 0 amide bonds. The number of halogens is 1. The molecule has 0 aliphatic carbocycles. The van der Waals surface area contributed by atoms with E-state index in [0.29, 0.717) is 12.8 Å². The summed E-state index contributed by atoms with van der Waals surface area (Å²) in [5.41, 5.74) is 1.96. The SMILES string of the molecule is CC(Cc1ccc(F)cc1)N[C@H](Cc1ccccc1)C(=O)O. The van der Waals surface area contributed by atoms with E-state index in [9.17, 15) is 14.3 Å². The van der Waals surface area contributed by atoms with Gasteiger partial charge in [-0.05, 0) is 43.0 Å². The first-order valence-corrected chi connectivity index (χ1v) is 7.32. The summed E-state index contributed by atoms with van der Waals surface area (Å²) >= 11 is 0. The minimum absolute atomic E-state index is 0.0183. The maximum Gasteiger partial charge on any atom is 0.321 e. The van der Waals surface area contributed by atoms with Crippen LogP contribution in [0.5, 0.6) is 0 Å². The van der Waals surface area contributed by atoms with Crippen LogP contribution in [0.1, 0.15) is 18.1 Å². The molecule has 0 bridgehead atoms. The third-order valence-corrected chi connectivity index (χ3v) is 3.52. The number of rotatable bonds is 7. The van der Waals surface area contributed by atoms with Gasteiger partial charge in [0.05, 0.1) is 0 Å². The quantitative estimate of drug-likeness (QED) is 0.826. The van der Waals surface area contributed by atoms with Gasteiger partial charge in [0, 0.05) is 6.04 Å². The topological polar surface area (TPSA) is 49.3 Å². The third-order valence-electron chi connectivity index (χ3n) is 3.52. The maximum atomic E-state index is 12.9. The lowest BCUT2D eigenvalue weighted by atomic mass is 10.0. The fraction of sp³-hybridized carbons (Fsp3) is 0.278. The highest BCUT2D eigenvalue weighted by Gasteiger charge is 2.20. The van der Waals surface area contributed by atoms with Crippen LogP contribution in [0.25, 0.3) is 0 Å². The zero-order valence-electron chi connectivity index (χ0n) is 12.5. The van der Waals surface area contributed by atoms with Gasteiger partial charge < -0.3 is 10.4 Å². The molecular weight excluding hydrogens is 281 g/mol. The lowest BCUT2D eigenvalue weighted by Gasteiger charge is -2.20. The van der Waals surface area contributed by atoms with Crippen molar-refractivity contribution in [3.63, 3.8) is 0 Å². The Bertz CT molecular complexity index is 598. The van der Waals surface area contributed by atoms with Crippen LogP contribution in [0.2, 0.25) is 0 Å². The van der Waals surface area contributed by atoms with Crippen molar-refractivity contribution in [3.05, 3.63) is 71.5 Å². The van der Waals surface area contributed by atoms with Crippen LogP contribution < -0.4 is 5.32 Å². The lowest BCUT2D eigenvalue weighted by molar-refractivity contribution is -0.139. The van der Waals surface area contributed by atoms with Crippen LogP contribution in [-0.2, 0) is 17.6 Å². The Morgan fingerprint density at radius 1 is 1.05 bits per heavy atom. The second-order valence-corrected chi connectivity index (χ2v) is 5.48. The molecule has 2 N–H and O–H groups in total. The minimum atomic E-state index is -0.866. The Balaban J connectivity index is 1.95. The second-order valence-electron chi connectivity index (χ2n) is 5.48. The van der Waals surface area contributed by atoms with Crippen LogP contribution >= 0.6 is 0 Å². The molecule has 0 spiro atoms. The molecule has 0 aliphatic rings. The summed E-state index contributed by atoms with van der Waals surface area (Å²) in [6, 6.07) is 15.2. The van der Waals surface area contributed by atoms with Gasteiger partial charge in [0.25, 0.3) is 0 Å². The van der Waals surface area contributed by atoms with Crippen molar-refractivity contribution in [1.82, 2.24) is 5.32 Å². The van der Waals surface area contributed by atoms with Crippen LogP contribution in [0.4, 0.5) is 4.39 Å². The average molecular weight is 301 g/mol. The molecule has 0 fully saturated rings. The number of hydrogen-bond donors (Lipinski definition) is 2. The highest BCUT2D eigenvalue weighted by atomic mass is 19.1. The molecular formula is C18H20FNO2. The van der Waals surface area contributed by atoms with Gasteiger partial charge in [0.2, 0.25) is 0 Å². The monoisotopic (exact) mass is 301 g/mol. The molecule has 0 aliphatic heterocycles. The van der Waals surface area contributed by atoms with E-state index in [1.54, 1.807) is 12.1 Å². The van der Waals surface area contributed by atoms with E-state index >= 15 is 0 Å². The first-order chi connectivity index (χ1) is 10.5. The molecule has 0 saturated carbocycles. The number of nitrogens with one attached hydrogen (secondary N) is 1. The first kappa shape index (κ1) is 16.2. The molecule has 116 valence electrons. The fourth-order valence-corrected chi connectivity index (χ4v) is 2.44. The standard InChI is InChI=1S/C18H20FNO2/c1-13(11-15-7-9-16(19)10-8-15)20-17(18(21)22)12-14-5-3-2-4-6-14/h2-10,13,17,20H,11-12H2,1H3,(H,21,22)/t13?,17-/m1/s1. The highest BCUT2D eigenvalue weighted by molar-refractivity contribution is 5.74. The smallest absolute Gasteiger partial charge is 0.321 e. The Morgan fingerprint density at radius 2 is 1.64 bits per heavy atom. The average Bonchev–Trinajstić information content (AvgIpc) is 2.50. The van der Waals surface area contributed by atoms with Crippen molar-refractivity contribution in [2.24, 2.45) is 0 Å². The Kier molecular flexibility index (Phi) is 5.67. The largest absolute Gasteiger partial charge is 0.480 e. The summed E-state index contributed by atoms with van der Waals surface area (Å²) in [5.74, 6) is -1.13. The summed E-state index contributed by atoms with van der Waals surface area (Å²) in [5, 5.41) is 12.5. The van der Waals surface area contributed by atoms with E-state index in [1.165, 1.54) is 12.1 Å². The minimum Gasteiger partial charge on any atom is -0.480 e. The molecule has 4 heteroatoms. The molecule has 0 aromatic heterocycles. The molecule has 0 heterocycles. The van der Waals surface area contributed by atoms with Crippen LogP contribution in [0, 0.1) is 5.82 Å². The van der Waals surface area contributed by atoms with E-state index in [0.717, 1.165) is 11.1 Å². The number of carboxylic acids is 1. The van der Waals surface area contributed by atoms with E-state index in [2.05, 4.69) is 5.32 Å². The predicted molar refractivity (Wildman–Crippen MR) is 84.3 cm³/mol. The molecule has 22 heavy (non-hydrogen) atoms. The van der Waals surface area contributed by atoms with Crippen molar-refractivity contribution in [3.8, 4) is 0 Å². The van der Waals surface area contributed by atoms with Gasteiger partial charge in [-0.1, -0.05) is 42.5 Å². The number of hydrogen-bond acceptors (Lipinski definition) is 2. The van der Waals surface area contributed by atoms with E-state index in [4.69, 9.17) is 0 Å². The molecule has 2 rings (SSSR count). The van der Waals surface area contributed by atoms with Gasteiger partial charge in [-0.2, -0.15) is 0 Å². The zero-order valence-corrected chi connectivity index (χ0v) is 12.5. The Hall–Kier alpha value is -2.20. The fourth-order valence-electron chi connectivity index (χ4n) is 2.44. The summed E-state index contributed by atoms with van der Waals surface area (Å²) in [7, 11) is 0. The number of carboxylic acid groups (broad SMARTS) is 1. The molecule has 2 atom stereocenters. The van der Waals surface area contributed by atoms with Crippen molar-refractivity contribution >= 4 is 5.97 Å². The third kappa shape index (κ3) is 4.97. The van der Waals surface area contributed by atoms with E-state index in [1.807, 2.05) is 37.3 Å². The summed E-state index contributed by atoms with van der Waals surface area (Å²) in [4.78, 5) is 11.4. The van der Waals surface area contributed by atoms with E-state index < -0.39 is 12.0 Å². The zero-order chi connectivity index (χ0) is 15.9. The van der Waals surface area contributed by atoms with Gasteiger partial charge in [-0.25, -0.2) is 4.39 Å². The number of benzene rings is 2. The van der Waals surface area contributed by atoms with Crippen molar-refractivity contribution in [2.75, 3.05) is 0 Å². The normalized spacial score (nSPS) is 13.5. The van der Waals surface area contributed by atoms with Gasteiger partial charge >= 0.3 is 5.97 Å². The van der Waals surface area contributed by atoms with Crippen molar-refractivity contribution in [2.45, 2.75) is 31.8 Å². The van der Waals surface area contributed by atoms with Gasteiger partial charge in [0.1, 0.15) is 11.9 Å². The number of aliphatic carboxylic acids is 1. The maximum absolute atomic E-state index is 12.9. The predicted octanol–water partition coefficient (Wildman–Crippen LogP) is 3.04. The molecule has 2 aromatic carbocycles. The van der Waals surface area contributed by atoms with E-state index in [-0.39, 0.29) is 11.9 Å². The van der Waals surface area contributed by atoms with Crippen LogP contribution in [0.3, 0.4) is 0 Å². The highest BCUT2D eigenvalue weighted by Crippen LogP contribution is 2.08. The second kappa shape index (κ2) is 7.71. The molecule has 0 radical (unpaired) electrons. The molecule has 2 aromatic rings. The summed E-state index contributed by atoms with van der Waals surface area (Å²) in [6.07, 6.45) is 1.09. The van der Waals surface area contributed by atoms with Crippen LogP contribution in [-0.4, -0.2) is 23.2 Å². The Labute approximate surface area is 129 Å². The Morgan fingerprint density at radius 3 is 2.23 bits per heavy atom. The molecule has 0 saturated heterocycles.